The number of fused-ring (bicyclic) bond motifs is 1. The fourth-order valence-electron chi connectivity index (χ4n) is 2.55. The standard InChI is InChI=1S/C14H17BBrFO2S/c1-13(2)14(3,4)19-15(18-13)12(17)8-5-6-10-9(8)7-11(16)20-10/h7H,5-6H2,1-4H3. The summed E-state index contributed by atoms with van der Waals surface area (Å²) in [4.78, 5) is 1.23. The second-order valence-electron chi connectivity index (χ2n) is 6.30. The van der Waals surface area contributed by atoms with Crippen LogP contribution in [0.5, 0.6) is 0 Å². The van der Waals surface area contributed by atoms with Gasteiger partial charge in [0, 0.05) is 4.88 Å². The van der Waals surface area contributed by atoms with E-state index in [1.807, 2.05) is 33.8 Å². The average Bonchev–Trinajstić information content (AvgIpc) is 2.90. The summed E-state index contributed by atoms with van der Waals surface area (Å²) < 4.78 is 27.4. The first kappa shape index (κ1) is 14.8. The van der Waals surface area contributed by atoms with Crippen LogP contribution in [0.4, 0.5) is 4.39 Å². The number of aryl methyl sites for hydroxylation is 1. The number of rotatable bonds is 1. The van der Waals surface area contributed by atoms with Gasteiger partial charge in [0.05, 0.1) is 15.0 Å². The predicted molar refractivity (Wildman–Crippen MR) is 84.5 cm³/mol. The van der Waals surface area contributed by atoms with Crippen LogP contribution >= 0.6 is 27.3 Å². The summed E-state index contributed by atoms with van der Waals surface area (Å²) in [5.74, 6) is 0. The molecule has 0 amide bonds. The van der Waals surface area contributed by atoms with Crippen LogP contribution in [0.25, 0.3) is 5.57 Å². The lowest BCUT2D eigenvalue weighted by atomic mass is 9.83. The monoisotopic (exact) mass is 358 g/mol. The van der Waals surface area contributed by atoms with Crippen LogP contribution in [0.3, 0.4) is 0 Å². The molecule has 0 bridgehead atoms. The first-order valence-electron chi connectivity index (χ1n) is 6.74. The number of hydrogen-bond acceptors (Lipinski definition) is 3. The van der Waals surface area contributed by atoms with Crippen molar-refractivity contribution in [2.75, 3.05) is 0 Å². The van der Waals surface area contributed by atoms with Gasteiger partial charge in [-0.3, -0.25) is 0 Å². The summed E-state index contributed by atoms with van der Waals surface area (Å²) in [6, 6.07) is 1.99. The molecule has 1 aromatic rings. The molecule has 0 aromatic carbocycles. The van der Waals surface area contributed by atoms with Crippen molar-refractivity contribution < 1.29 is 13.7 Å². The van der Waals surface area contributed by atoms with Crippen LogP contribution < -0.4 is 0 Å². The van der Waals surface area contributed by atoms with Crippen molar-refractivity contribution in [2.24, 2.45) is 0 Å². The third kappa shape index (κ3) is 2.21. The minimum Gasteiger partial charge on any atom is -0.398 e. The Morgan fingerprint density at radius 3 is 2.45 bits per heavy atom. The Balaban J connectivity index is 1.95. The zero-order valence-corrected chi connectivity index (χ0v) is 14.5. The molecular formula is C14H17BBrFO2S. The van der Waals surface area contributed by atoms with E-state index in [1.54, 1.807) is 11.3 Å². The van der Waals surface area contributed by atoms with E-state index < -0.39 is 18.3 Å². The summed E-state index contributed by atoms with van der Waals surface area (Å²) in [5, 5.41) is 0. The summed E-state index contributed by atoms with van der Waals surface area (Å²) in [5.41, 5.74) is 0.459. The van der Waals surface area contributed by atoms with Crippen molar-refractivity contribution >= 4 is 40.0 Å². The molecule has 1 aliphatic heterocycles. The number of halogens is 2. The SMILES string of the molecule is CC1(C)OB(C(F)=C2CCc3sc(Br)cc32)OC1(C)C. The minimum absolute atomic E-state index is 0.271. The van der Waals surface area contributed by atoms with Gasteiger partial charge in [-0.1, -0.05) is 0 Å². The number of allylic oxidation sites excluding steroid dienone is 1. The molecule has 3 rings (SSSR count). The predicted octanol–water partition coefficient (Wildman–Crippen LogP) is 4.77. The number of thiophene rings is 1. The van der Waals surface area contributed by atoms with Gasteiger partial charge < -0.3 is 9.31 Å². The Bertz CT molecular complexity index is 578. The third-order valence-electron chi connectivity index (χ3n) is 4.45. The average molecular weight is 359 g/mol. The molecule has 0 saturated carbocycles. The van der Waals surface area contributed by atoms with Gasteiger partial charge in [0.2, 0.25) is 0 Å². The van der Waals surface area contributed by atoms with Crippen molar-refractivity contribution in [3.8, 4) is 0 Å². The molecule has 1 aliphatic carbocycles. The lowest BCUT2D eigenvalue weighted by Crippen LogP contribution is -2.41. The second kappa shape index (κ2) is 4.67. The molecular weight excluding hydrogens is 342 g/mol. The normalized spacial score (nSPS) is 26.0. The van der Waals surface area contributed by atoms with Crippen LogP contribution in [0.1, 0.15) is 44.6 Å². The molecule has 1 aromatic heterocycles. The molecule has 0 unspecified atom stereocenters. The summed E-state index contributed by atoms with van der Waals surface area (Å²) in [6.45, 7) is 7.75. The molecule has 2 heterocycles. The van der Waals surface area contributed by atoms with Crippen LogP contribution in [-0.4, -0.2) is 18.3 Å². The quantitative estimate of drug-likeness (QED) is 0.673. The van der Waals surface area contributed by atoms with Crippen molar-refractivity contribution in [2.45, 2.75) is 51.7 Å². The van der Waals surface area contributed by atoms with Crippen LogP contribution in [0.15, 0.2) is 15.6 Å². The molecule has 0 radical (unpaired) electrons. The Morgan fingerprint density at radius 1 is 1.25 bits per heavy atom. The Kier molecular flexibility index (Phi) is 3.44. The maximum Gasteiger partial charge on any atom is 0.525 e. The van der Waals surface area contributed by atoms with Gasteiger partial charge in [-0.25, -0.2) is 4.39 Å². The molecule has 0 atom stereocenters. The summed E-state index contributed by atoms with van der Waals surface area (Å²) >= 11 is 5.14. The van der Waals surface area contributed by atoms with E-state index in [0.717, 1.165) is 27.8 Å². The molecule has 6 heteroatoms. The largest absolute Gasteiger partial charge is 0.525 e. The first-order valence-corrected chi connectivity index (χ1v) is 8.35. The van der Waals surface area contributed by atoms with Crippen LogP contribution in [0.2, 0.25) is 0 Å². The van der Waals surface area contributed by atoms with Gasteiger partial charge in [-0.2, -0.15) is 0 Å². The van der Waals surface area contributed by atoms with Gasteiger partial charge in [0.15, 0.2) is 0 Å². The highest BCUT2D eigenvalue weighted by Crippen LogP contribution is 2.45. The van der Waals surface area contributed by atoms with Crippen molar-refractivity contribution in [1.29, 1.82) is 0 Å². The van der Waals surface area contributed by atoms with E-state index >= 15 is 0 Å². The van der Waals surface area contributed by atoms with Gasteiger partial charge in [0.1, 0.15) is 5.73 Å². The topological polar surface area (TPSA) is 18.5 Å². The van der Waals surface area contributed by atoms with Crippen LogP contribution in [0, 0.1) is 0 Å². The molecule has 0 spiro atoms. The highest BCUT2D eigenvalue weighted by molar-refractivity contribution is 9.11. The van der Waals surface area contributed by atoms with E-state index in [9.17, 15) is 4.39 Å². The molecule has 2 aliphatic rings. The molecule has 20 heavy (non-hydrogen) atoms. The maximum atomic E-state index is 14.8. The third-order valence-corrected chi connectivity index (χ3v) is 6.15. The number of hydrogen-bond donors (Lipinski definition) is 0. The summed E-state index contributed by atoms with van der Waals surface area (Å²) in [6.07, 6.45) is 1.62. The smallest absolute Gasteiger partial charge is 0.398 e. The summed E-state index contributed by atoms with van der Waals surface area (Å²) in [7, 11) is -0.889. The zero-order chi connectivity index (χ0) is 14.7. The second-order valence-corrected chi connectivity index (χ2v) is 8.82. The van der Waals surface area contributed by atoms with E-state index in [2.05, 4.69) is 15.9 Å². The Morgan fingerprint density at radius 2 is 1.85 bits per heavy atom. The fourth-order valence-corrected chi connectivity index (χ4v) is 4.27. The van der Waals surface area contributed by atoms with Crippen molar-refractivity contribution in [3.05, 3.63) is 26.0 Å². The fraction of sp³-hybridized carbons (Fsp3) is 0.571. The highest BCUT2D eigenvalue weighted by atomic mass is 79.9. The van der Waals surface area contributed by atoms with E-state index in [1.165, 1.54) is 4.88 Å². The van der Waals surface area contributed by atoms with Gasteiger partial charge >= 0.3 is 7.12 Å². The van der Waals surface area contributed by atoms with Gasteiger partial charge in [-0.15, -0.1) is 11.3 Å². The molecule has 2 nitrogen and oxygen atoms in total. The van der Waals surface area contributed by atoms with E-state index in [4.69, 9.17) is 9.31 Å². The zero-order valence-electron chi connectivity index (χ0n) is 12.0. The van der Waals surface area contributed by atoms with Gasteiger partial charge in [-0.05, 0) is 73.7 Å². The first-order chi connectivity index (χ1) is 9.21. The Hall–Kier alpha value is -0.165. The van der Waals surface area contributed by atoms with Gasteiger partial charge in [0.25, 0.3) is 0 Å². The Labute approximate surface area is 131 Å². The minimum atomic E-state index is -0.889. The highest BCUT2D eigenvalue weighted by Gasteiger charge is 2.53. The van der Waals surface area contributed by atoms with E-state index in [0.29, 0.717) is 0 Å². The molecule has 0 N–H and O–H groups in total. The van der Waals surface area contributed by atoms with Crippen LogP contribution in [-0.2, 0) is 15.7 Å². The molecule has 1 saturated heterocycles. The molecule has 1 fully saturated rings. The van der Waals surface area contributed by atoms with Crippen molar-refractivity contribution in [3.63, 3.8) is 0 Å². The van der Waals surface area contributed by atoms with E-state index in [-0.39, 0.29) is 5.73 Å². The maximum absolute atomic E-state index is 14.8. The lowest BCUT2D eigenvalue weighted by molar-refractivity contribution is 0.00578. The molecule has 108 valence electrons. The van der Waals surface area contributed by atoms with Crippen molar-refractivity contribution in [1.82, 2.24) is 0 Å². The lowest BCUT2D eigenvalue weighted by Gasteiger charge is -2.32.